The maximum Gasteiger partial charge on any atom is 0.271 e. The summed E-state index contributed by atoms with van der Waals surface area (Å²) in [5, 5.41) is 14.5. The van der Waals surface area contributed by atoms with Gasteiger partial charge in [-0.1, -0.05) is 43.7 Å². The first-order valence-electron chi connectivity index (χ1n) is 12.5. The summed E-state index contributed by atoms with van der Waals surface area (Å²) in [6.07, 6.45) is 4.82. The fraction of sp³-hybridized carbons (Fsp3) is 0.241. The molecule has 0 bridgehead atoms. The second kappa shape index (κ2) is 11.2. The number of carbonyl (C=O) groups is 2. The Hall–Kier alpha value is -4.33. The van der Waals surface area contributed by atoms with E-state index in [9.17, 15) is 23.3 Å². The van der Waals surface area contributed by atoms with Crippen LogP contribution in [0.4, 0.5) is 0 Å². The van der Waals surface area contributed by atoms with E-state index >= 15 is 0 Å². The number of carbonyl (C=O) groups excluding carboxylic acids is 2. The van der Waals surface area contributed by atoms with E-state index in [1.807, 2.05) is 43.3 Å². The highest BCUT2D eigenvalue weighted by molar-refractivity contribution is 7.89. The number of sulfonamides is 1. The number of unbranched alkanes of at least 4 members (excludes halogenated alkanes) is 1. The summed E-state index contributed by atoms with van der Waals surface area (Å²) in [5.74, 6) is -1.04. The Kier molecular flexibility index (Phi) is 7.95. The average molecular weight is 544 g/mol. The van der Waals surface area contributed by atoms with Crippen molar-refractivity contribution in [2.75, 3.05) is 20.6 Å². The van der Waals surface area contributed by atoms with E-state index in [1.54, 1.807) is 36.0 Å². The van der Waals surface area contributed by atoms with Gasteiger partial charge in [0.05, 0.1) is 16.3 Å². The van der Waals surface area contributed by atoms with Gasteiger partial charge in [-0.25, -0.2) is 17.4 Å². The third-order valence-corrected chi connectivity index (χ3v) is 8.36. The monoisotopic (exact) mass is 543 g/mol. The molecule has 200 valence electrons. The van der Waals surface area contributed by atoms with Gasteiger partial charge in [-0.3, -0.25) is 14.5 Å². The number of imide groups is 1. The van der Waals surface area contributed by atoms with E-state index < -0.39 is 21.8 Å². The lowest BCUT2D eigenvalue weighted by Gasteiger charge is -2.27. The molecule has 39 heavy (non-hydrogen) atoms. The minimum absolute atomic E-state index is 0.0628. The van der Waals surface area contributed by atoms with E-state index in [-0.39, 0.29) is 22.6 Å². The van der Waals surface area contributed by atoms with E-state index in [1.165, 1.54) is 26.2 Å². The number of nitrogens with zero attached hydrogens (tertiary/aromatic N) is 5. The third kappa shape index (κ3) is 5.32. The van der Waals surface area contributed by atoms with Gasteiger partial charge in [0.25, 0.3) is 11.8 Å². The molecule has 0 N–H and O–H groups in total. The summed E-state index contributed by atoms with van der Waals surface area (Å²) in [7, 11) is -0.675. The fourth-order valence-corrected chi connectivity index (χ4v) is 5.13. The quantitative estimate of drug-likeness (QED) is 0.311. The Morgan fingerprint density at radius 1 is 1.03 bits per heavy atom. The maximum atomic E-state index is 13.5. The van der Waals surface area contributed by atoms with Gasteiger partial charge in [0, 0.05) is 43.5 Å². The number of amides is 2. The van der Waals surface area contributed by atoms with Gasteiger partial charge in [0.15, 0.2) is 0 Å². The van der Waals surface area contributed by atoms with E-state index in [0.717, 1.165) is 21.3 Å². The van der Waals surface area contributed by atoms with Crippen molar-refractivity contribution in [2.45, 2.75) is 31.6 Å². The van der Waals surface area contributed by atoms with Crippen LogP contribution < -0.4 is 0 Å². The standard InChI is InChI=1S/C29H29N5O4S/c1-5-6-16-33-28(35)25(20(2)26(18-30)29(33)36)17-22-19-34(23-10-8-7-9-11-23)31-27(22)21-12-14-24(15-13-21)39(37,38)32(3)4/h7-15,17,19H,5-6,16H2,1-4H3/b25-17+. The summed E-state index contributed by atoms with van der Waals surface area (Å²) >= 11 is 0. The highest BCUT2D eigenvalue weighted by Gasteiger charge is 2.35. The minimum Gasteiger partial charge on any atom is -0.274 e. The van der Waals surface area contributed by atoms with Crippen molar-refractivity contribution in [3.63, 3.8) is 0 Å². The molecule has 2 amide bonds. The Morgan fingerprint density at radius 2 is 1.69 bits per heavy atom. The summed E-state index contributed by atoms with van der Waals surface area (Å²) in [4.78, 5) is 27.6. The zero-order valence-electron chi connectivity index (χ0n) is 22.2. The number of hydrogen-bond donors (Lipinski definition) is 0. The van der Waals surface area contributed by atoms with Gasteiger partial charge >= 0.3 is 0 Å². The third-order valence-electron chi connectivity index (χ3n) is 6.53. The van der Waals surface area contributed by atoms with Gasteiger partial charge in [-0.05, 0) is 49.3 Å². The van der Waals surface area contributed by atoms with Crippen LogP contribution in [0.25, 0.3) is 23.0 Å². The van der Waals surface area contributed by atoms with E-state index in [2.05, 4.69) is 0 Å². The Balaban J connectivity index is 1.89. The van der Waals surface area contributed by atoms with E-state index in [4.69, 9.17) is 5.10 Å². The maximum absolute atomic E-state index is 13.5. The lowest BCUT2D eigenvalue weighted by atomic mass is 9.93. The first-order chi connectivity index (χ1) is 18.6. The minimum atomic E-state index is -3.61. The highest BCUT2D eigenvalue weighted by atomic mass is 32.2. The van der Waals surface area contributed by atoms with Gasteiger partial charge in [0.1, 0.15) is 11.6 Å². The van der Waals surface area contributed by atoms with Gasteiger partial charge in [0.2, 0.25) is 10.0 Å². The van der Waals surface area contributed by atoms with Gasteiger partial charge in [-0.15, -0.1) is 0 Å². The SMILES string of the molecule is CCCCN1C(=O)C(C#N)=C(C)/C(=C\c2cn(-c3ccccc3)nc2-c2ccc(S(=O)(=O)N(C)C)cc2)C1=O. The Labute approximate surface area is 228 Å². The van der Waals surface area contributed by atoms with Crippen LogP contribution in [0, 0.1) is 11.3 Å². The fourth-order valence-electron chi connectivity index (χ4n) is 4.23. The largest absolute Gasteiger partial charge is 0.274 e. The molecule has 10 heteroatoms. The molecule has 0 atom stereocenters. The molecular formula is C29H29N5O4S. The molecule has 0 saturated carbocycles. The molecule has 1 aromatic heterocycles. The molecule has 1 aliphatic rings. The molecule has 0 unspecified atom stereocenters. The molecule has 0 spiro atoms. The second-order valence-electron chi connectivity index (χ2n) is 9.31. The molecular weight excluding hydrogens is 514 g/mol. The molecule has 9 nitrogen and oxygen atoms in total. The molecule has 0 saturated heterocycles. The van der Waals surface area contributed by atoms with Crippen molar-refractivity contribution in [3.05, 3.63) is 83.1 Å². The van der Waals surface area contributed by atoms with Crippen LogP contribution in [-0.2, 0) is 19.6 Å². The van der Waals surface area contributed by atoms with Crippen molar-refractivity contribution in [3.8, 4) is 23.0 Å². The molecule has 0 fully saturated rings. The van der Waals surface area contributed by atoms with Crippen molar-refractivity contribution in [1.29, 1.82) is 5.26 Å². The van der Waals surface area contributed by atoms with Gasteiger partial charge in [-0.2, -0.15) is 10.4 Å². The van der Waals surface area contributed by atoms with Crippen LogP contribution in [0.5, 0.6) is 0 Å². The zero-order chi connectivity index (χ0) is 28.3. The van der Waals surface area contributed by atoms with Crippen LogP contribution >= 0.6 is 0 Å². The van der Waals surface area contributed by atoms with Crippen LogP contribution in [0.15, 0.2) is 82.4 Å². The van der Waals surface area contributed by atoms with Crippen molar-refractivity contribution in [2.24, 2.45) is 0 Å². The molecule has 1 aliphatic heterocycles. The molecule has 2 aromatic carbocycles. The second-order valence-corrected chi connectivity index (χ2v) is 11.5. The summed E-state index contributed by atoms with van der Waals surface area (Å²) in [6, 6.07) is 17.7. The molecule has 4 rings (SSSR count). The normalized spacial score (nSPS) is 15.4. The Bertz CT molecular complexity index is 1630. The van der Waals surface area contributed by atoms with E-state index in [0.29, 0.717) is 28.8 Å². The molecule has 0 aliphatic carbocycles. The van der Waals surface area contributed by atoms with Crippen molar-refractivity contribution < 1.29 is 18.0 Å². The predicted octanol–water partition coefficient (Wildman–Crippen LogP) is 4.18. The van der Waals surface area contributed by atoms with Crippen LogP contribution in [0.1, 0.15) is 32.3 Å². The summed E-state index contributed by atoms with van der Waals surface area (Å²) in [6.45, 7) is 3.78. The Morgan fingerprint density at radius 3 is 2.28 bits per heavy atom. The number of benzene rings is 2. The van der Waals surface area contributed by atoms with Crippen LogP contribution in [-0.4, -0.2) is 59.9 Å². The summed E-state index contributed by atoms with van der Waals surface area (Å²) in [5.41, 5.74) is 3.00. The molecule has 0 radical (unpaired) electrons. The average Bonchev–Trinajstić information content (AvgIpc) is 3.36. The zero-order valence-corrected chi connectivity index (χ0v) is 23.1. The van der Waals surface area contributed by atoms with Crippen molar-refractivity contribution >= 4 is 27.9 Å². The first kappa shape index (κ1) is 27.7. The lowest BCUT2D eigenvalue weighted by molar-refractivity contribution is -0.140. The first-order valence-corrected chi connectivity index (χ1v) is 13.9. The number of hydrogen-bond acceptors (Lipinski definition) is 6. The smallest absolute Gasteiger partial charge is 0.271 e. The number of para-hydroxylation sites is 1. The summed E-state index contributed by atoms with van der Waals surface area (Å²) < 4.78 is 27.9. The number of nitriles is 1. The molecule has 3 aromatic rings. The van der Waals surface area contributed by atoms with Crippen LogP contribution in [0.3, 0.4) is 0 Å². The van der Waals surface area contributed by atoms with Crippen molar-refractivity contribution in [1.82, 2.24) is 19.0 Å². The molecule has 2 heterocycles. The lowest BCUT2D eigenvalue weighted by Crippen LogP contribution is -2.43. The van der Waals surface area contributed by atoms with Crippen LogP contribution in [0.2, 0.25) is 0 Å². The number of rotatable bonds is 8. The highest BCUT2D eigenvalue weighted by Crippen LogP contribution is 2.32. The van der Waals surface area contributed by atoms with Gasteiger partial charge < -0.3 is 0 Å². The topological polar surface area (TPSA) is 116 Å². The predicted molar refractivity (Wildman–Crippen MR) is 148 cm³/mol. The number of aromatic nitrogens is 2.